The highest BCUT2D eigenvalue weighted by Gasteiger charge is 2.21. The highest BCUT2D eigenvalue weighted by Crippen LogP contribution is 2.25. The van der Waals surface area contributed by atoms with E-state index in [1.807, 2.05) is 42.7 Å². The molecule has 3 amide bonds. The van der Waals surface area contributed by atoms with E-state index >= 15 is 0 Å². The Kier molecular flexibility index (Phi) is 5.97. The molecule has 1 aromatic heterocycles. The van der Waals surface area contributed by atoms with Crippen LogP contribution in [0, 0.1) is 13.8 Å². The van der Waals surface area contributed by atoms with Gasteiger partial charge in [0.1, 0.15) is 5.82 Å². The minimum absolute atomic E-state index is 0.373. The fourth-order valence-electron chi connectivity index (χ4n) is 2.04. The van der Waals surface area contributed by atoms with Crippen LogP contribution in [0.15, 0.2) is 29.4 Å². The number of hydrogen-bond acceptors (Lipinski definition) is 5. The maximum atomic E-state index is 12.1. The van der Waals surface area contributed by atoms with E-state index in [-0.39, 0.29) is 5.91 Å². The van der Waals surface area contributed by atoms with Gasteiger partial charge in [-0.05, 0) is 39.8 Å². The molecular formula is C16H21N5O2S. The van der Waals surface area contributed by atoms with E-state index in [2.05, 4.69) is 20.8 Å². The van der Waals surface area contributed by atoms with Crippen LogP contribution in [0.1, 0.15) is 25.2 Å². The lowest BCUT2D eigenvalue weighted by Gasteiger charge is -2.13. The predicted octanol–water partition coefficient (Wildman–Crippen LogP) is 2.21. The molecule has 1 aromatic carbocycles. The van der Waals surface area contributed by atoms with Crippen LogP contribution in [0.3, 0.4) is 0 Å². The number of rotatable bonds is 5. The first-order chi connectivity index (χ1) is 11.4. The lowest BCUT2D eigenvalue weighted by atomic mass is 10.2. The first-order valence-electron chi connectivity index (χ1n) is 7.66. The van der Waals surface area contributed by atoms with Crippen molar-refractivity contribution in [2.75, 3.05) is 6.54 Å². The first kappa shape index (κ1) is 18.0. The summed E-state index contributed by atoms with van der Waals surface area (Å²) < 4.78 is 1.89. The van der Waals surface area contributed by atoms with E-state index in [0.29, 0.717) is 11.7 Å². The van der Waals surface area contributed by atoms with Crippen LogP contribution in [0.4, 0.5) is 4.79 Å². The zero-order valence-electron chi connectivity index (χ0n) is 14.2. The summed E-state index contributed by atoms with van der Waals surface area (Å²) in [5, 5.41) is 13.2. The third-order valence-corrected chi connectivity index (χ3v) is 4.36. The number of carbonyl (C=O) groups is 2. The smallest absolute Gasteiger partial charge is 0.321 e. The summed E-state index contributed by atoms with van der Waals surface area (Å²) in [4.78, 5) is 23.5. The van der Waals surface area contributed by atoms with Crippen molar-refractivity contribution < 1.29 is 9.59 Å². The van der Waals surface area contributed by atoms with Crippen LogP contribution >= 0.6 is 11.8 Å². The quantitative estimate of drug-likeness (QED) is 0.810. The van der Waals surface area contributed by atoms with E-state index in [0.717, 1.165) is 17.1 Å². The van der Waals surface area contributed by atoms with Crippen molar-refractivity contribution >= 4 is 23.7 Å². The van der Waals surface area contributed by atoms with Gasteiger partial charge in [-0.1, -0.05) is 29.5 Å². The minimum atomic E-state index is -0.494. The van der Waals surface area contributed by atoms with E-state index in [1.165, 1.54) is 11.8 Å². The summed E-state index contributed by atoms with van der Waals surface area (Å²) in [5.74, 6) is 0.361. The minimum Gasteiger partial charge on any atom is -0.338 e. The van der Waals surface area contributed by atoms with E-state index in [1.54, 1.807) is 13.8 Å². The Morgan fingerprint density at radius 1 is 1.21 bits per heavy atom. The number of nitrogens with one attached hydrogen (secondary N) is 2. The normalized spacial score (nSPS) is 11.8. The number of thioether (sulfide) groups is 1. The second-order valence-electron chi connectivity index (χ2n) is 5.31. The molecule has 1 atom stereocenters. The zero-order chi connectivity index (χ0) is 17.7. The molecule has 24 heavy (non-hydrogen) atoms. The summed E-state index contributed by atoms with van der Waals surface area (Å²) in [6.07, 6.45) is 0. The molecular weight excluding hydrogens is 326 g/mol. The average molecular weight is 347 g/mol. The number of urea groups is 1. The predicted molar refractivity (Wildman–Crippen MR) is 93.4 cm³/mol. The van der Waals surface area contributed by atoms with Gasteiger partial charge in [-0.15, -0.1) is 10.2 Å². The van der Waals surface area contributed by atoms with E-state index < -0.39 is 11.3 Å². The molecule has 2 N–H and O–H groups in total. The molecule has 128 valence electrons. The number of nitrogens with zero attached hydrogens (tertiary/aromatic N) is 3. The maximum Gasteiger partial charge on any atom is 0.321 e. The lowest BCUT2D eigenvalue weighted by Crippen LogP contribution is -2.42. The van der Waals surface area contributed by atoms with Crippen LogP contribution < -0.4 is 10.6 Å². The molecule has 0 spiro atoms. The summed E-state index contributed by atoms with van der Waals surface area (Å²) in [5.41, 5.74) is 2.09. The fourth-order valence-corrected chi connectivity index (χ4v) is 2.95. The van der Waals surface area contributed by atoms with Gasteiger partial charge < -0.3 is 5.32 Å². The Bertz CT molecular complexity index is 727. The molecule has 0 saturated heterocycles. The first-order valence-corrected chi connectivity index (χ1v) is 8.54. The highest BCUT2D eigenvalue weighted by atomic mass is 32.2. The number of amides is 3. The number of aryl methyl sites for hydroxylation is 2. The van der Waals surface area contributed by atoms with Crippen molar-refractivity contribution in [3.05, 3.63) is 35.7 Å². The summed E-state index contributed by atoms with van der Waals surface area (Å²) in [6.45, 7) is 7.85. The molecule has 1 heterocycles. The van der Waals surface area contributed by atoms with Gasteiger partial charge in [0.2, 0.25) is 5.91 Å². The SMILES string of the molecule is CCNC(=O)NC(=O)[C@H](C)Sc1nnc(C)n1-c1ccc(C)cc1. The number of hydrogen-bond donors (Lipinski definition) is 2. The Morgan fingerprint density at radius 2 is 1.88 bits per heavy atom. The summed E-state index contributed by atoms with van der Waals surface area (Å²) >= 11 is 1.26. The molecule has 2 rings (SSSR count). The Labute approximate surface area is 145 Å². The molecule has 2 aromatic rings. The van der Waals surface area contributed by atoms with Crippen molar-refractivity contribution in [1.29, 1.82) is 0 Å². The van der Waals surface area contributed by atoms with E-state index in [9.17, 15) is 9.59 Å². The molecule has 0 aliphatic carbocycles. The van der Waals surface area contributed by atoms with Gasteiger partial charge >= 0.3 is 6.03 Å². The molecule has 8 heteroatoms. The topological polar surface area (TPSA) is 88.9 Å². The Balaban J connectivity index is 2.14. The van der Waals surface area contributed by atoms with Crippen LogP contribution in [-0.4, -0.2) is 38.5 Å². The molecule has 0 aliphatic rings. The third-order valence-electron chi connectivity index (χ3n) is 3.31. The largest absolute Gasteiger partial charge is 0.338 e. The Morgan fingerprint density at radius 3 is 2.50 bits per heavy atom. The monoisotopic (exact) mass is 347 g/mol. The van der Waals surface area contributed by atoms with Crippen LogP contribution in [-0.2, 0) is 4.79 Å². The number of carbonyl (C=O) groups excluding carboxylic acids is 2. The zero-order valence-corrected chi connectivity index (χ0v) is 15.0. The van der Waals surface area contributed by atoms with Crippen molar-refractivity contribution in [2.24, 2.45) is 0 Å². The lowest BCUT2D eigenvalue weighted by molar-refractivity contribution is -0.119. The third kappa shape index (κ3) is 4.35. The van der Waals surface area contributed by atoms with Gasteiger partial charge in [0, 0.05) is 12.2 Å². The molecule has 0 unspecified atom stereocenters. The van der Waals surface area contributed by atoms with Crippen LogP contribution in [0.5, 0.6) is 0 Å². The Hall–Kier alpha value is -2.35. The number of benzene rings is 1. The standard InChI is InChI=1S/C16H21N5O2S/c1-5-17-15(23)18-14(22)11(3)24-16-20-19-12(4)21(16)13-8-6-10(2)7-9-13/h6-9,11H,5H2,1-4H3,(H2,17,18,22,23)/t11-/m0/s1. The van der Waals surface area contributed by atoms with Crippen LogP contribution in [0.2, 0.25) is 0 Å². The van der Waals surface area contributed by atoms with Crippen molar-refractivity contribution in [3.63, 3.8) is 0 Å². The van der Waals surface area contributed by atoms with Crippen molar-refractivity contribution in [2.45, 2.75) is 38.1 Å². The second kappa shape index (κ2) is 7.96. The molecule has 7 nitrogen and oxygen atoms in total. The number of imide groups is 1. The molecule has 0 radical (unpaired) electrons. The molecule has 0 aliphatic heterocycles. The van der Waals surface area contributed by atoms with Crippen molar-refractivity contribution in [3.8, 4) is 5.69 Å². The summed E-state index contributed by atoms with van der Waals surface area (Å²) in [6, 6.07) is 7.49. The fraction of sp³-hybridized carbons (Fsp3) is 0.375. The second-order valence-corrected chi connectivity index (χ2v) is 6.62. The average Bonchev–Trinajstić information content (AvgIpc) is 2.89. The van der Waals surface area contributed by atoms with Crippen LogP contribution in [0.25, 0.3) is 5.69 Å². The highest BCUT2D eigenvalue weighted by molar-refractivity contribution is 8.00. The van der Waals surface area contributed by atoms with Crippen molar-refractivity contribution in [1.82, 2.24) is 25.4 Å². The van der Waals surface area contributed by atoms with Gasteiger partial charge in [-0.25, -0.2) is 4.79 Å². The maximum absolute atomic E-state index is 12.1. The van der Waals surface area contributed by atoms with Gasteiger partial charge in [-0.2, -0.15) is 0 Å². The molecule has 0 bridgehead atoms. The molecule has 0 fully saturated rings. The number of aromatic nitrogens is 3. The van der Waals surface area contributed by atoms with E-state index in [4.69, 9.17) is 0 Å². The van der Waals surface area contributed by atoms with Gasteiger partial charge in [-0.3, -0.25) is 14.7 Å². The van der Waals surface area contributed by atoms with Gasteiger partial charge in [0.25, 0.3) is 0 Å². The van der Waals surface area contributed by atoms with Gasteiger partial charge in [0.15, 0.2) is 5.16 Å². The van der Waals surface area contributed by atoms with Gasteiger partial charge in [0.05, 0.1) is 5.25 Å². The molecule has 0 saturated carbocycles. The summed E-state index contributed by atoms with van der Waals surface area (Å²) in [7, 11) is 0.